The number of pyridine rings is 2. The highest BCUT2D eigenvalue weighted by atomic mass is 16.5. The van der Waals surface area contributed by atoms with Crippen molar-refractivity contribution in [2.45, 2.75) is 39.7 Å². The second kappa shape index (κ2) is 13.6. The molecule has 0 atom stereocenters. The van der Waals surface area contributed by atoms with Crippen LogP contribution in [-0.4, -0.2) is 81.2 Å². The van der Waals surface area contributed by atoms with Gasteiger partial charge in [-0.3, -0.25) is 14.4 Å². The molecular weight excluding hydrogens is 618 g/mol. The molecule has 250 valence electrons. The molecule has 0 unspecified atom stereocenters. The van der Waals surface area contributed by atoms with E-state index in [9.17, 15) is 19.5 Å². The van der Waals surface area contributed by atoms with Crippen LogP contribution in [0.5, 0.6) is 11.6 Å². The highest BCUT2D eigenvalue weighted by Gasteiger charge is 2.31. The molecule has 1 saturated heterocycles. The predicted molar refractivity (Wildman–Crippen MR) is 178 cm³/mol. The van der Waals surface area contributed by atoms with Gasteiger partial charge in [-0.05, 0) is 37.5 Å². The summed E-state index contributed by atoms with van der Waals surface area (Å²) in [6.45, 7) is 9.47. The Balaban J connectivity index is 1.35. The monoisotopic (exact) mass is 655 g/mol. The molecule has 0 aliphatic carbocycles. The molecular formula is C34H37N7O7. The highest BCUT2D eigenvalue weighted by Crippen LogP contribution is 2.31. The van der Waals surface area contributed by atoms with E-state index < -0.39 is 5.91 Å². The van der Waals surface area contributed by atoms with Crippen molar-refractivity contribution in [1.29, 1.82) is 0 Å². The Morgan fingerprint density at radius 1 is 1.12 bits per heavy atom. The maximum atomic E-state index is 14.2. The second-order valence-corrected chi connectivity index (χ2v) is 11.5. The van der Waals surface area contributed by atoms with Gasteiger partial charge in [-0.1, -0.05) is 26.0 Å². The van der Waals surface area contributed by atoms with Crippen molar-refractivity contribution in [2.75, 3.05) is 44.7 Å². The summed E-state index contributed by atoms with van der Waals surface area (Å²) in [6.07, 6.45) is 4.69. The number of carbonyl (C=O) groups is 2. The topological polar surface area (TPSA) is 169 Å². The summed E-state index contributed by atoms with van der Waals surface area (Å²) >= 11 is 0. The van der Waals surface area contributed by atoms with Crippen molar-refractivity contribution in [3.8, 4) is 23.1 Å². The van der Waals surface area contributed by atoms with Gasteiger partial charge in [-0.2, -0.15) is 0 Å². The highest BCUT2D eigenvalue weighted by molar-refractivity contribution is 6.06. The number of aromatic hydroxyl groups is 1. The lowest BCUT2D eigenvalue weighted by molar-refractivity contribution is -0.121. The number of amides is 2. The fourth-order valence-corrected chi connectivity index (χ4v) is 5.94. The number of oxazole rings is 2. The van der Waals surface area contributed by atoms with Crippen LogP contribution in [0.4, 0.5) is 5.69 Å². The largest absolute Gasteiger partial charge is 0.507 e. The van der Waals surface area contributed by atoms with Gasteiger partial charge in [0, 0.05) is 56.2 Å². The van der Waals surface area contributed by atoms with Gasteiger partial charge in [-0.15, -0.1) is 0 Å². The Labute approximate surface area is 275 Å². The molecule has 1 aromatic carbocycles. The first-order valence-electron chi connectivity index (χ1n) is 15.8. The zero-order valence-electron chi connectivity index (χ0n) is 27.1. The van der Waals surface area contributed by atoms with Crippen molar-refractivity contribution in [1.82, 2.24) is 29.7 Å². The normalized spacial score (nSPS) is 13.3. The number of rotatable bonds is 11. The van der Waals surface area contributed by atoms with E-state index in [1.54, 1.807) is 33.9 Å². The molecule has 2 N–H and O–H groups in total. The van der Waals surface area contributed by atoms with Gasteiger partial charge < -0.3 is 38.4 Å². The van der Waals surface area contributed by atoms with Crippen molar-refractivity contribution in [3.05, 3.63) is 70.5 Å². The molecule has 5 heterocycles. The zero-order chi connectivity index (χ0) is 33.9. The minimum absolute atomic E-state index is 0.0489. The molecule has 48 heavy (non-hydrogen) atoms. The fraction of sp³-hybridized carbons (Fsp3) is 0.353. The number of hydrogen-bond donors (Lipinski definition) is 2. The number of anilines is 1. The molecule has 1 aliphatic rings. The van der Waals surface area contributed by atoms with Gasteiger partial charge >= 0.3 is 0 Å². The van der Waals surface area contributed by atoms with E-state index in [2.05, 4.69) is 26.8 Å². The second-order valence-electron chi connectivity index (χ2n) is 11.5. The third-order valence-corrected chi connectivity index (χ3v) is 8.59. The molecule has 0 saturated carbocycles. The SMILES string of the molecule is C=C(CC)CCNC(=O)Cn1c(CC)c(N2CCN(C(=O)c3c(O)ccc4ncoc34)CC2)c(=O)c2nc(-c3ccnc(OC)c3)oc21. The molecule has 5 aromatic rings. The third kappa shape index (κ3) is 6.08. The Hall–Kier alpha value is -5.66. The average Bonchev–Trinajstić information content (AvgIpc) is 3.77. The summed E-state index contributed by atoms with van der Waals surface area (Å²) in [5.74, 6) is -0.293. The van der Waals surface area contributed by atoms with Crippen LogP contribution < -0.4 is 20.4 Å². The summed E-state index contributed by atoms with van der Waals surface area (Å²) in [5, 5.41) is 13.5. The summed E-state index contributed by atoms with van der Waals surface area (Å²) in [6, 6.07) is 6.36. The quantitative estimate of drug-likeness (QED) is 0.198. The molecule has 2 amide bonds. The first kappa shape index (κ1) is 32.3. The van der Waals surface area contributed by atoms with Crippen molar-refractivity contribution >= 4 is 39.8 Å². The van der Waals surface area contributed by atoms with Crippen LogP contribution in [-0.2, 0) is 17.8 Å². The van der Waals surface area contributed by atoms with Crippen molar-refractivity contribution < 1.29 is 28.3 Å². The molecule has 6 rings (SSSR count). The maximum absolute atomic E-state index is 14.2. The fourth-order valence-electron chi connectivity index (χ4n) is 5.94. The summed E-state index contributed by atoms with van der Waals surface area (Å²) < 4.78 is 18.6. The van der Waals surface area contributed by atoms with Gasteiger partial charge in [0.15, 0.2) is 17.5 Å². The van der Waals surface area contributed by atoms with Gasteiger partial charge in [0.2, 0.25) is 28.8 Å². The van der Waals surface area contributed by atoms with Crippen LogP contribution in [0.15, 0.2) is 62.6 Å². The van der Waals surface area contributed by atoms with Crippen molar-refractivity contribution in [2.24, 2.45) is 0 Å². The number of ether oxygens (including phenoxy) is 1. The van der Waals surface area contributed by atoms with Crippen LogP contribution in [0.3, 0.4) is 0 Å². The average molecular weight is 656 g/mol. The Bertz CT molecular complexity index is 2070. The lowest BCUT2D eigenvalue weighted by Gasteiger charge is -2.37. The molecule has 14 heteroatoms. The summed E-state index contributed by atoms with van der Waals surface area (Å²) in [7, 11) is 1.50. The number of phenols is 1. The maximum Gasteiger partial charge on any atom is 0.261 e. The number of carbonyl (C=O) groups excluding carboxylic acids is 2. The number of nitrogens with zero attached hydrogens (tertiary/aromatic N) is 6. The van der Waals surface area contributed by atoms with E-state index in [0.29, 0.717) is 60.8 Å². The number of benzene rings is 1. The Kier molecular flexibility index (Phi) is 9.15. The predicted octanol–water partition coefficient (Wildman–Crippen LogP) is 3.90. The molecule has 0 spiro atoms. The molecule has 14 nitrogen and oxygen atoms in total. The van der Waals surface area contributed by atoms with Gasteiger partial charge in [-0.25, -0.2) is 15.0 Å². The van der Waals surface area contributed by atoms with Crippen LogP contribution in [0.25, 0.3) is 33.8 Å². The lowest BCUT2D eigenvalue weighted by Crippen LogP contribution is -2.50. The lowest BCUT2D eigenvalue weighted by atomic mass is 10.1. The number of phenolic OH excluding ortho intramolecular Hbond substituents is 1. The molecule has 0 bridgehead atoms. The summed E-state index contributed by atoms with van der Waals surface area (Å²) in [4.78, 5) is 57.4. The summed E-state index contributed by atoms with van der Waals surface area (Å²) in [5.41, 5.74) is 3.27. The van der Waals surface area contributed by atoms with E-state index >= 15 is 0 Å². The van der Waals surface area contributed by atoms with E-state index in [0.717, 1.165) is 12.0 Å². The number of hydrogen-bond acceptors (Lipinski definition) is 11. The third-order valence-electron chi connectivity index (χ3n) is 8.59. The number of aromatic nitrogens is 4. The number of piperazine rings is 1. The molecule has 1 fully saturated rings. The first-order chi connectivity index (χ1) is 23.2. The minimum atomic E-state index is -0.394. The zero-order valence-corrected chi connectivity index (χ0v) is 27.1. The van der Waals surface area contributed by atoms with Crippen LogP contribution >= 0.6 is 0 Å². The minimum Gasteiger partial charge on any atom is -0.507 e. The smallest absolute Gasteiger partial charge is 0.261 e. The van der Waals surface area contributed by atoms with E-state index in [4.69, 9.17) is 13.6 Å². The van der Waals surface area contributed by atoms with Gasteiger partial charge in [0.1, 0.15) is 29.1 Å². The molecule has 1 aliphatic heterocycles. The van der Waals surface area contributed by atoms with E-state index in [1.807, 2.05) is 18.7 Å². The Morgan fingerprint density at radius 2 is 1.92 bits per heavy atom. The molecule has 0 radical (unpaired) electrons. The van der Waals surface area contributed by atoms with E-state index in [-0.39, 0.29) is 65.0 Å². The number of fused-ring (bicyclic) bond motifs is 2. The van der Waals surface area contributed by atoms with Crippen molar-refractivity contribution in [3.63, 3.8) is 0 Å². The molecule has 4 aromatic heterocycles. The van der Waals surface area contributed by atoms with Crippen LogP contribution in [0.2, 0.25) is 0 Å². The first-order valence-corrected chi connectivity index (χ1v) is 15.8. The number of nitrogens with one attached hydrogen (secondary N) is 1. The number of methoxy groups -OCH3 is 1. The van der Waals surface area contributed by atoms with Gasteiger partial charge in [0.25, 0.3) is 5.91 Å². The van der Waals surface area contributed by atoms with E-state index in [1.165, 1.54) is 19.6 Å². The van der Waals surface area contributed by atoms with Crippen LogP contribution in [0, 0.1) is 0 Å². The van der Waals surface area contributed by atoms with Gasteiger partial charge in [0.05, 0.1) is 7.11 Å². The van der Waals surface area contributed by atoms with Crippen LogP contribution in [0.1, 0.15) is 42.7 Å². The Morgan fingerprint density at radius 3 is 2.65 bits per heavy atom. The standard InChI is InChI=1S/C34H37N7O7/c1-5-20(3)9-11-35-25(43)18-41-23(6-2)29(30(44)28-34(41)48-32(38-28)21-10-12-36-26(17-21)46-4)39-13-15-40(16-14-39)33(45)27-24(42)8-7-22-31(27)47-19-37-22/h7-8,10,12,17,19,42H,3,5-6,9,11,13-16,18H2,1-2,4H3,(H,35,43).